The van der Waals surface area contributed by atoms with Gasteiger partial charge in [-0.1, -0.05) is 33.3 Å². The van der Waals surface area contributed by atoms with Gasteiger partial charge >= 0.3 is 5.97 Å². The molecule has 0 heterocycles. The van der Waals surface area contributed by atoms with Crippen LogP contribution < -0.4 is 0 Å². The van der Waals surface area contributed by atoms with Crippen molar-refractivity contribution < 1.29 is 14.0 Å². The van der Waals surface area contributed by atoms with Crippen molar-refractivity contribution in [1.29, 1.82) is 0 Å². The van der Waals surface area contributed by atoms with Gasteiger partial charge in [-0.15, -0.1) is 11.8 Å². The highest BCUT2D eigenvalue weighted by atomic mass is 32.2. The van der Waals surface area contributed by atoms with Gasteiger partial charge in [0.05, 0.1) is 13.2 Å². The fraction of sp³-hybridized carbons (Fsp3) is 0.833. The summed E-state index contributed by atoms with van der Waals surface area (Å²) in [6, 6.07) is 0. The van der Waals surface area contributed by atoms with Crippen molar-refractivity contribution >= 4 is 26.8 Å². The van der Waals surface area contributed by atoms with Crippen LogP contribution in [0.25, 0.3) is 0 Å². The van der Waals surface area contributed by atoms with E-state index in [1.807, 2.05) is 11.8 Å². The van der Waals surface area contributed by atoms with Gasteiger partial charge in [-0.3, -0.25) is 4.79 Å². The molecule has 0 spiro atoms. The van der Waals surface area contributed by atoms with E-state index >= 15 is 0 Å². The van der Waals surface area contributed by atoms with Crippen molar-refractivity contribution in [3.8, 4) is 0 Å². The first-order valence-electron chi connectivity index (χ1n) is 8.62. The Labute approximate surface area is 148 Å². The second-order valence-electron chi connectivity index (χ2n) is 7.53. The summed E-state index contributed by atoms with van der Waals surface area (Å²) in [7, 11) is 0.778. The first-order valence-corrected chi connectivity index (χ1v) is 12.0. The summed E-state index contributed by atoms with van der Waals surface area (Å²) < 4.78 is 10.9. The second kappa shape index (κ2) is 9.89. The van der Waals surface area contributed by atoms with Crippen LogP contribution in [0.15, 0.2) is 11.0 Å². The van der Waals surface area contributed by atoms with Crippen LogP contribution in [0, 0.1) is 11.3 Å². The molecule has 1 unspecified atom stereocenters. The molecular formula is C18H33O3SSi. The van der Waals surface area contributed by atoms with Gasteiger partial charge in [0.25, 0.3) is 0 Å². The average Bonchev–Trinajstić information content (AvgIpc) is 2.84. The van der Waals surface area contributed by atoms with Gasteiger partial charge in [-0.05, 0) is 49.4 Å². The Balaban J connectivity index is 2.39. The van der Waals surface area contributed by atoms with Crippen molar-refractivity contribution in [2.45, 2.75) is 72.1 Å². The number of hydrogen-bond acceptors (Lipinski definition) is 4. The number of methoxy groups -OCH3 is 1. The van der Waals surface area contributed by atoms with Crippen LogP contribution >= 0.6 is 11.8 Å². The van der Waals surface area contributed by atoms with Gasteiger partial charge in [0.1, 0.15) is 0 Å². The standard InChI is InChI=1S/C18H33O3SSi/c1-18(2,3)14-12-15(21-23(5)6)16(13-14)22-11-9-7-8-10-17(19)20-4/h13-15H,7-12H2,1-6H3/t14-,15?/m1/s1. The Morgan fingerprint density at radius 2 is 2.00 bits per heavy atom. The lowest BCUT2D eigenvalue weighted by atomic mass is 9.80. The lowest BCUT2D eigenvalue weighted by Crippen LogP contribution is -2.23. The maximum Gasteiger partial charge on any atom is 0.305 e. The quantitative estimate of drug-likeness (QED) is 0.329. The molecule has 1 rings (SSSR count). The van der Waals surface area contributed by atoms with Crippen LogP contribution in [0.5, 0.6) is 0 Å². The molecule has 0 aromatic rings. The van der Waals surface area contributed by atoms with Crippen LogP contribution in [-0.4, -0.2) is 34.0 Å². The number of rotatable bonds is 9. The third kappa shape index (κ3) is 7.90. The summed E-state index contributed by atoms with van der Waals surface area (Å²) in [4.78, 5) is 12.5. The number of unbranched alkanes of at least 4 members (excludes halogenated alkanes) is 2. The minimum absolute atomic E-state index is 0.0989. The molecule has 1 aliphatic rings. The van der Waals surface area contributed by atoms with Crippen molar-refractivity contribution in [3.63, 3.8) is 0 Å². The molecule has 0 aliphatic heterocycles. The minimum atomic E-state index is -0.674. The molecule has 0 aromatic heterocycles. The highest BCUT2D eigenvalue weighted by molar-refractivity contribution is 8.03. The number of allylic oxidation sites excluding steroid dienone is 1. The number of carbonyl (C=O) groups excluding carboxylic acids is 1. The molecule has 0 amide bonds. The Hall–Kier alpha value is -0.263. The van der Waals surface area contributed by atoms with Crippen LogP contribution in [0.3, 0.4) is 0 Å². The van der Waals surface area contributed by atoms with E-state index in [2.05, 4.69) is 44.7 Å². The first kappa shape index (κ1) is 20.8. The highest BCUT2D eigenvalue weighted by Gasteiger charge is 2.34. The molecule has 0 aromatic carbocycles. The number of esters is 1. The third-order valence-corrected chi connectivity index (χ3v) is 6.14. The van der Waals surface area contributed by atoms with Crippen molar-refractivity contribution in [2.24, 2.45) is 11.3 Å². The van der Waals surface area contributed by atoms with Crippen LogP contribution in [0.1, 0.15) is 52.9 Å². The number of carbonyl (C=O) groups is 1. The minimum Gasteiger partial charge on any atom is -0.469 e. The molecule has 1 aliphatic carbocycles. The predicted octanol–water partition coefficient (Wildman–Crippen LogP) is 5.04. The Morgan fingerprint density at radius 3 is 2.57 bits per heavy atom. The van der Waals surface area contributed by atoms with Crippen molar-refractivity contribution in [3.05, 3.63) is 11.0 Å². The summed E-state index contributed by atoms with van der Waals surface area (Å²) in [5, 5.41) is 0. The predicted molar refractivity (Wildman–Crippen MR) is 101 cm³/mol. The van der Waals surface area contributed by atoms with Gasteiger partial charge in [0.2, 0.25) is 9.04 Å². The first-order chi connectivity index (χ1) is 10.7. The zero-order chi connectivity index (χ0) is 17.5. The van der Waals surface area contributed by atoms with E-state index in [9.17, 15) is 4.79 Å². The zero-order valence-corrected chi connectivity index (χ0v) is 17.4. The molecule has 0 N–H and O–H groups in total. The number of thioether (sulfide) groups is 1. The smallest absolute Gasteiger partial charge is 0.305 e. The van der Waals surface area contributed by atoms with Gasteiger partial charge in [0, 0.05) is 11.3 Å². The topological polar surface area (TPSA) is 35.5 Å². The van der Waals surface area contributed by atoms with E-state index < -0.39 is 9.04 Å². The van der Waals surface area contributed by atoms with Gasteiger partial charge < -0.3 is 9.16 Å². The van der Waals surface area contributed by atoms with Crippen LogP contribution in [0.2, 0.25) is 13.1 Å². The van der Waals surface area contributed by atoms with Crippen molar-refractivity contribution in [1.82, 2.24) is 0 Å². The van der Waals surface area contributed by atoms with E-state index in [1.165, 1.54) is 12.0 Å². The summed E-state index contributed by atoms with van der Waals surface area (Å²) in [6.07, 6.45) is 7.58. The van der Waals surface area contributed by atoms with Gasteiger partial charge in [-0.25, -0.2) is 0 Å². The molecule has 1 radical (unpaired) electrons. The Morgan fingerprint density at radius 1 is 1.30 bits per heavy atom. The average molecular weight is 358 g/mol. The van der Waals surface area contributed by atoms with E-state index in [0.717, 1.165) is 31.4 Å². The second-order valence-corrected chi connectivity index (χ2v) is 10.7. The van der Waals surface area contributed by atoms with Gasteiger partial charge in [-0.2, -0.15) is 0 Å². The molecule has 133 valence electrons. The Kier molecular flexibility index (Phi) is 8.94. The maximum absolute atomic E-state index is 11.1. The number of hydrogen-bond donors (Lipinski definition) is 0. The fourth-order valence-corrected chi connectivity index (χ4v) is 4.75. The van der Waals surface area contributed by atoms with E-state index in [1.54, 1.807) is 0 Å². The maximum atomic E-state index is 11.1. The lowest BCUT2D eigenvalue weighted by Gasteiger charge is -2.26. The molecular weight excluding hydrogens is 324 g/mol. The van der Waals surface area contributed by atoms with E-state index in [-0.39, 0.29) is 5.97 Å². The molecule has 0 bridgehead atoms. The molecule has 0 saturated heterocycles. The van der Waals surface area contributed by atoms with Crippen LogP contribution in [0.4, 0.5) is 0 Å². The molecule has 0 saturated carbocycles. The summed E-state index contributed by atoms with van der Waals surface area (Å²) in [5.41, 5.74) is 0.304. The molecule has 3 nitrogen and oxygen atoms in total. The number of ether oxygens (including phenoxy) is 1. The van der Waals surface area contributed by atoms with E-state index in [4.69, 9.17) is 4.43 Å². The SMILES string of the molecule is COC(=O)CCCCCSC1=C[C@H](C(C)(C)C)CC1O[Si](C)C. The summed E-state index contributed by atoms with van der Waals surface area (Å²) in [6.45, 7) is 11.4. The monoisotopic (exact) mass is 357 g/mol. The molecule has 5 heteroatoms. The third-order valence-electron chi connectivity index (χ3n) is 4.16. The zero-order valence-electron chi connectivity index (χ0n) is 15.6. The summed E-state index contributed by atoms with van der Waals surface area (Å²) in [5.74, 6) is 1.62. The molecule has 0 fully saturated rings. The van der Waals surface area contributed by atoms with Crippen molar-refractivity contribution in [2.75, 3.05) is 12.9 Å². The van der Waals surface area contributed by atoms with Gasteiger partial charge in [0.15, 0.2) is 0 Å². The normalized spacial score (nSPS) is 21.6. The summed E-state index contributed by atoms with van der Waals surface area (Å²) >= 11 is 1.95. The van der Waals surface area contributed by atoms with E-state index in [0.29, 0.717) is 23.9 Å². The lowest BCUT2D eigenvalue weighted by molar-refractivity contribution is -0.140. The van der Waals surface area contributed by atoms with Crippen LogP contribution in [-0.2, 0) is 14.0 Å². The fourth-order valence-electron chi connectivity index (χ4n) is 2.70. The molecule has 23 heavy (non-hydrogen) atoms. The Bertz CT molecular complexity index is 402. The largest absolute Gasteiger partial charge is 0.469 e. The highest BCUT2D eigenvalue weighted by Crippen LogP contribution is 2.43. The molecule has 2 atom stereocenters.